The molecule has 0 saturated carbocycles. The van der Waals surface area contributed by atoms with E-state index in [1.165, 1.54) is 6.21 Å². The van der Waals surface area contributed by atoms with Crippen LogP contribution in [0, 0.1) is 0 Å². The average Bonchev–Trinajstić information content (AvgIpc) is 2.88. The van der Waals surface area contributed by atoms with Gasteiger partial charge in [-0.3, -0.25) is 14.6 Å². The zero-order chi connectivity index (χ0) is 24.5. The highest BCUT2D eigenvalue weighted by Crippen LogP contribution is 2.22. The standard InChI is InChI=1S/C26H21ClN4O4/c27-20-8-10-21(11-9-20)30-24(32)16-34-22-12-6-18(7-13-22)15-29-31-25(33)17-35-23-5-1-3-19-4-2-14-28-26(19)23/h1-15H,16-17H2,(H,30,32)(H,31,33)/b29-15-. The highest BCUT2D eigenvalue weighted by atomic mass is 35.5. The van der Waals surface area contributed by atoms with E-state index in [4.69, 9.17) is 21.1 Å². The van der Waals surface area contributed by atoms with Gasteiger partial charge in [0.15, 0.2) is 13.2 Å². The molecular weight excluding hydrogens is 468 g/mol. The van der Waals surface area contributed by atoms with Gasteiger partial charge in [0.1, 0.15) is 17.0 Å². The zero-order valence-corrected chi connectivity index (χ0v) is 19.2. The number of hydrogen-bond donors (Lipinski definition) is 2. The number of fused-ring (bicyclic) bond motifs is 1. The van der Waals surface area contributed by atoms with E-state index in [1.54, 1.807) is 60.8 Å². The predicted octanol–water partition coefficient (Wildman–Crippen LogP) is 4.43. The number of benzene rings is 3. The lowest BCUT2D eigenvalue weighted by Crippen LogP contribution is -2.24. The summed E-state index contributed by atoms with van der Waals surface area (Å²) in [6, 6.07) is 23.0. The molecule has 2 amide bonds. The van der Waals surface area contributed by atoms with E-state index < -0.39 is 5.91 Å². The topological polar surface area (TPSA) is 102 Å². The third-order valence-corrected chi connectivity index (χ3v) is 4.99. The Morgan fingerprint density at radius 3 is 2.43 bits per heavy atom. The van der Waals surface area contributed by atoms with Gasteiger partial charge in [0.2, 0.25) is 0 Å². The highest BCUT2D eigenvalue weighted by molar-refractivity contribution is 6.30. The first kappa shape index (κ1) is 23.7. The Labute approximate surface area is 206 Å². The Bertz CT molecular complexity index is 1340. The lowest BCUT2D eigenvalue weighted by molar-refractivity contribution is -0.123. The molecule has 0 spiro atoms. The van der Waals surface area contributed by atoms with Crippen LogP contribution in [0.15, 0.2) is 90.2 Å². The minimum Gasteiger partial charge on any atom is -0.484 e. The van der Waals surface area contributed by atoms with E-state index in [0.29, 0.717) is 27.7 Å². The van der Waals surface area contributed by atoms with Crippen LogP contribution in [0.4, 0.5) is 5.69 Å². The van der Waals surface area contributed by atoms with Crippen molar-refractivity contribution in [1.82, 2.24) is 10.4 Å². The fraction of sp³-hybridized carbons (Fsp3) is 0.0769. The number of nitrogens with zero attached hydrogens (tertiary/aromatic N) is 2. The first-order valence-corrected chi connectivity index (χ1v) is 11.0. The van der Waals surface area contributed by atoms with Crippen molar-refractivity contribution in [2.24, 2.45) is 5.10 Å². The van der Waals surface area contributed by atoms with Gasteiger partial charge in [0, 0.05) is 22.3 Å². The molecule has 4 aromatic rings. The molecule has 0 fully saturated rings. The van der Waals surface area contributed by atoms with Crippen LogP contribution in [0.25, 0.3) is 10.9 Å². The van der Waals surface area contributed by atoms with E-state index in [9.17, 15) is 9.59 Å². The Kier molecular flexibility index (Phi) is 7.88. The minimum absolute atomic E-state index is 0.141. The number of para-hydroxylation sites is 1. The van der Waals surface area contributed by atoms with Crippen molar-refractivity contribution < 1.29 is 19.1 Å². The number of rotatable bonds is 9. The maximum absolute atomic E-state index is 12.1. The van der Waals surface area contributed by atoms with E-state index in [1.807, 2.05) is 24.3 Å². The molecule has 0 saturated heterocycles. The second-order valence-corrected chi connectivity index (χ2v) is 7.76. The monoisotopic (exact) mass is 488 g/mol. The molecule has 1 heterocycles. The van der Waals surface area contributed by atoms with Crippen LogP contribution in [-0.2, 0) is 9.59 Å². The Morgan fingerprint density at radius 2 is 1.63 bits per heavy atom. The number of hydrazone groups is 1. The number of halogens is 1. The van der Waals surface area contributed by atoms with E-state index in [0.717, 1.165) is 10.9 Å². The smallest absolute Gasteiger partial charge is 0.277 e. The summed E-state index contributed by atoms with van der Waals surface area (Å²) in [7, 11) is 0. The van der Waals surface area contributed by atoms with Gasteiger partial charge in [0.05, 0.1) is 6.21 Å². The lowest BCUT2D eigenvalue weighted by Gasteiger charge is -2.08. The summed E-state index contributed by atoms with van der Waals surface area (Å²) in [6.07, 6.45) is 3.17. The van der Waals surface area contributed by atoms with Crippen LogP contribution in [0.5, 0.6) is 11.5 Å². The highest BCUT2D eigenvalue weighted by Gasteiger charge is 2.06. The van der Waals surface area contributed by atoms with Crippen molar-refractivity contribution >= 4 is 46.2 Å². The third-order valence-electron chi connectivity index (χ3n) is 4.74. The molecule has 35 heavy (non-hydrogen) atoms. The number of ether oxygens (including phenoxy) is 2. The summed E-state index contributed by atoms with van der Waals surface area (Å²) in [5.74, 6) is 0.359. The zero-order valence-electron chi connectivity index (χ0n) is 18.5. The summed E-state index contributed by atoms with van der Waals surface area (Å²) in [4.78, 5) is 28.4. The minimum atomic E-state index is -0.402. The van der Waals surface area contributed by atoms with Crippen LogP contribution >= 0.6 is 11.6 Å². The van der Waals surface area contributed by atoms with Crippen LogP contribution in [0.3, 0.4) is 0 Å². The summed E-state index contributed by atoms with van der Waals surface area (Å²) < 4.78 is 11.1. The molecule has 3 aromatic carbocycles. The largest absolute Gasteiger partial charge is 0.484 e. The molecular formula is C26H21ClN4O4. The van der Waals surface area contributed by atoms with Gasteiger partial charge in [-0.25, -0.2) is 5.43 Å². The number of carbonyl (C=O) groups is 2. The van der Waals surface area contributed by atoms with Crippen LogP contribution in [0.2, 0.25) is 5.02 Å². The fourth-order valence-electron chi connectivity index (χ4n) is 3.08. The molecule has 0 aliphatic rings. The lowest BCUT2D eigenvalue weighted by atomic mass is 10.2. The van der Waals surface area contributed by atoms with E-state index >= 15 is 0 Å². The van der Waals surface area contributed by atoms with Gasteiger partial charge in [-0.05, 0) is 66.2 Å². The van der Waals surface area contributed by atoms with E-state index in [2.05, 4.69) is 20.8 Å². The van der Waals surface area contributed by atoms with Gasteiger partial charge in [-0.2, -0.15) is 5.10 Å². The van der Waals surface area contributed by atoms with Crippen molar-refractivity contribution in [2.75, 3.05) is 18.5 Å². The summed E-state index contributed by atoms with van der Waals surface area (Å²) >= 11 is 5.83. The summed E-state index contributed by atoms with van der Waals surface area (Å²) in [5.41, 5.74) is 4.49. The van der Waals surface area contributed by atoms with Gasteiger partial charge < -0.3 is 14.8 Å². The number of nitrogens with one attached hydrogen (secondary N) is 2. The van der Waals surface area contributed by atoms with Gasteiger partial charge in [0.25, 0.3) is 11.8 Å². The molecule has 9 heteroatoms. The number of pyridine rings is 1. The summed E-state index contributed by atoms with van der Waals surface area (Å²) in [5, 5.41) is 8.18. The number of carbonyl (C=O) groups excluding carboxylic acids is 2. The molecule has 0 aliphatic heterocycles. The van der Waals surface area contributed by atoms with Crippen LogP contribution < -0.4 is 20.2 Å². The van der Waals surface area contributed by atoms with Crippen molar-refractivity contribution in [3.8, 4) is 11.5 Å². The van der Waals surface area contributed by atoms with Crippen molar-refractivity contribution in [2.45, 2.75) is 0 Å². The molecule has 2 N–H and O–H groups in total. The Balaban J connectivity index is 1.20. The molecule has 0 bridgehead atoms. The Hall–Kier alpha value is -4.43. The first-order chi connectivity index (χ1) is 17.1. The Morgan fingerprint density at radius 1 is 0.886 bits per heavy atom. The normalized spacial score (nSPS) is 10.8. The molecule has 1 aromatic heterocycles. The SMILES string of the molecule is O=C(COc1cccc2cccnc12)N/N=C\c1ccc(OCC(=O)Nc2ccc(Cl)cc2)cc1. The maximum Gasteiger partial charge on any atom is 0.277 e. The van der Waals surface area contributed by atoms with Gasteiger partial charge in [-0.15, -0.1) is 0 Å². The number of amides is 2. The van der Waals surface area contributed by atoms with Crippen molar-refractivity contribution in [3.05, 3.63) is 95.6 Å². The number of hydrogen-bond acceptors (Lipinski definition) is 6. The molecule has 176 valence electrons. The molecule has 0 atom stereocenters. The van der Waals surface area contributed by atoms with Gasteiger partial charge >= 0.3 is 0 Å². The second kappa shape index (κ2) is 11.6. The van der Waals surface area contributed by atoms with Crippen LogP contribution in [-0.4, -0.2) is 36.2 Å². The number of anilines is 1. The predicted molar refractivity (Wildman–Crippen MR) is 135 cm³/mol. The maximum atomic E-state index is 12.1. The van der Waals surface area contributed by atoms with E-state index in [-0.39, 0.29) is 19.1 Å². The average molecular weight is 489 g/mol. The molecule has 0 unspecified atom stereocenters. The number of aromatic nitrogens is 1. The van der Waals surface area contributed by atoms with Crippen LogP contribution in [0.1, 0.15) is 5.56 Å². The molecule has 8 nitrogen and oxygen atoms in total. The molecule has 0 aliphatic carbocycles. The second-order valence-electron chi connectivity index (χ2n) is 7.33. The van der Waals surface area contributed by atoms with Crippen molar-refractivity contribution in [3.63, 3.8) is 0 Å². The third kappa shape index (κ3) is 7.02. The van der Waals surface area contributed by atoms with Gasteiger partial charge in [-0.1, -0.05) is 29.8 Å². The summed E-state index contributed by atoms with van der Waals surface area (Å²) in [6.45, 7) is -0.337. The quantitative estimate of drug-likeness (QED) is 0.268. The fourth-order valence-corrected chi connectivity index (χ4v) is 3.20. The first-order valence-electron chi connectivity index (χ1n) is 10.6. The molecule has 0 radical (unpaired) electrons. The molecule has 4 rings (SSSR count). The van der Waals surface area contributed by atoms with Crippen molar-refractivity contribution in [1.29, 1.82) is 0 Å².